The SMILES string of the molecule is O=C(CCc1ccccc1)c1csc(Br)c1. The Labute approximate surface area is 107 Å². The van der Waals surface area contributed by atoms with E-state index >= 15 is 0 Å². The summed E-state index contributed by atoms with van der Waals surface area (Å²) in [4.78, 5) is 11.8. The van der Waals surface area contributed by atoms with Crippen molar-refractivity contribution in [1.82, 2.24) is 0 Å². The quantitative estimate of drug-likeness (QED) is 0.767. The first-order chi connectivity index (χ1) is 7.75. The molecule has 16 heavy (non-hydrogen) atoms. The molecule has 0 bridgehead atoms. The normalized spacial score (nSPS) is 10.3. The topological polar surface area (TPSA) is 17.1 Å². The Kier molecular flexibility index (Phi) is 3.91. The van der Waals surface area contributed by atoms with Crippen molar-refractivity contribution < 1.29 is 4.79 Å². The fourth-order valence-corrected chi connectivity index (χ4v) is 2.66. The van der Waals surface area contributed by atoms with Crippen molar-refractivity contribution in [3.05, 3.63) is 56.7 Å². The van der Waals surface area contributed by atoms with Crippen LogP contribution in [0.1, 0.15) is 22.3 Å². The van der Waals surface area contributed by atoms with E-state index in [1.807, 2.05) is 29.6 Å². The summed E-state index contributed by atoms with van der Waals surface area (Å²) in [5, 5.41) is 1.90. The number of thiophene rings is 1. The van der Waals surface area contributed by atoms with E-state index < -0.39 is 0 Å². The van der Waals surface area contributed by atoms with E-state index in [2.05, 4.69) is 28.1 Å². The van der Waals surface area contributed by atoms with Crippen LogP contribution in [0.25, 0.3) is 0 Å². The maximum absolute atomic E-state index is 11.8. The second-order valence-electron chi connectivity index (χ2n) is 3.55. The van der Waals surface area contributed by atoms with Crippen LogP contribution in [0.5, 0.6) is 0 Å². The molecule has 0 aliphatic rings. The summed E-state index contributed by atoms with van der Waals surface area (Å²) in [5.41, 5.74) is 2.03. The van der Waals surface area contributed by atoms with Gasteiger partial charge in [-0.2, -0.15) is 0 Å². The van der Waals surface area contributed by atoms with Crippen molar-refractivity contribution in [2.45, 2.75) is 12.8 Å². The zero-order valence-corrected chi connectivity index (χ0v) is 11.1. The van der Waals surface area contributed by atoms with Crippen LogP contribution in [0.2, 0.25) is 0 Å². The third-order valence-electron chi connectivity index (χ3n) is 2.37. The first kappa shape index (κ1) is 11.6. The zero-order chi connectivity index (χ0) is 11.4. The van der Waals surface area contributed by atoms with Crippen LogP contribution in [0.3, 0.4) is 0 Å². The van der Waals surface area contributed by atoms with E-state index in [1.165, 1.54) is 5.56 Å². The maximum Gasteiger partial charge on any atom is 0.164 e. The molecular weight excluding hydrogens is 284 g/mol. The average Bonchev–Trinajstić information content (AvgIpc) is 2.74. The summed E-state index contributed by atoms with van der Waals surface area (Å²) in [6, 6.07) is 12.0. The van der Waals surface area contributed by atoms with Crippen molar-refractivity contribution in [3.8, 4) is 0 Å². The molecule has 1 nitrogen and oxygen atoms in total. The summed E-state index contributed by atoms with van der Waals surface area (Å²) >= 11 is 4.91. The molecule has 0 amide bonds. The van der Waals surface area contributed by atoms with Gasteiger partial charge in [-0.25, -0.2) is 0 Å². The van der Waals surface area contributed by atoms with Crippen LogP contribution >= 0.6 is 27.3 Å². The van der Waals surface area contributed by atoms with Crippen molar-refractivity contribution in [2.75, 3.05) is 0 Å². The molecule has 0 fully saturated rings. The standard InChI is InChI=1S/C13H11BrOS/c14-13-8-11(9-16-13)12(15)7-6-10-4-2-1-3-5-10/h1-5,8-9H,6-7H2. The maximum atomic E-state index is 11.8. The van der Waals surface area contributed by atoms with Crippen LogP contribution in [0.4, 0.5) is 0 Å². The van der Waals surface area contributed by atoms with Gasteiger partial charge in [0.05, 0.1) is 3.79 Å². The molecule has 0 N–H and O–H groups in total. The predicted octanol–water partition coefficient (Wildman–Crippen LogP) is 4.33. The summed E-state index contributed by atoms with van der Waals surface area (Å²) in [7, 11) is 0. The summed E-state index contributed by atoms with van der Waals surface area (Å²) < 4.78 is 1.01. The van der Waals surface area contributed by atoms with Crippen LogP contribution in [-0.4, -0.2) is 5.78 Å². The lowest BCUT2D eigenvalue weighted by atomic mass is 10.1. The number of hydrogen-bond donors (Lipinski definition) is 0. The van der Waals surface area contributed by atoms with Gasteiger partial charge in [0.25, 0.3) is 0 Å². The van der Waals surface area contributed by atoms with Gasteiger partial charge in [0.2, 0.25) is 0 Å². The summed E-state index contributed by atoms with van der Waals surface area (Å²) in [6.07, 6.45) is 1.39. The monoisotopic (exact) mass is 294 g/mol. The number of aryl methyl sites for hydroxylation is 1. The number of carbonyl (C=O) groups excluding carboxylic acids is 1. The Morgan fingerprint density at radius 3 is 2.62 bits per heavy atom. The molecule has 0 spiro atoms. The highest BCUT2D eigenvalue weighted by atomic mass is 79.9. The van der Waals surface area contributed by atoms with E-state index in [1.54, 1.807) is 11.3 Å². The van der Waals surface area contributed by atoms with E-state index in [-0.39, 0.29) is 5.78 Å². The minimum atomic E-state index is 0.214. The van der Waals surface area contributed by atoms with Crippen molar-refractivity contribution >= 4 is 33.0 Å². The van der Waals surface area contributed by atoms with Crippen LogP contribution in [0.15, 0.2) is 45.6 Å². The fraction of sp³-hybridized carbons (Fsp3) is 0.154. The summed E-state index contributed by atoms with van der Waals surface area (Å²) in [5.74, 6) is 0.214. The molecule has 1 heterocycles. The van der Waals surface area contributed by atoms with E-state index in [0.29, 0.717) is 6.42 Å². The molecule has 0 saturated heterocycles. The molecule has 0 unspecified atom stereocenters. The van der Waals surface area contributed by atoms with Crippen molar-refractivity contribution in [2.24, 2.45) is 0 Å². The Morgan fingerprint density at radius 2 is 2.00 bits per heavy atom. The molecule has 2 aromatic rings. The second-order valence-corrected chi connectivity index (χ2v) is 5.84. The zero-order valence-electron chi connectivity index (χ0n) is 8.65. The minimum absolute atomic E-state index is 0.214. The predicted molar refractivity (Wildman–Crippen MR) is 71.1 cm³/mol. The molecule has 0 saturated carbocycles. The molecule has 82 valence electrons. The van der Waals surface area contributed by atoms with Gasteiger partial charge < -0.3 is 0 Å². The largest absolute Gasteiger partial charge is 0.294 e. The molecule has 1 aromatic carbocycles. The lowest BCUT2D eigenvalue weighted by Gasteiger charge is -1.99. The van der Waals surface area contributed by atoms with Gasteiger partial charge in [-0.1, -0.05) is 30.3 Å². The number of ketones is 1. The second kappa shape index (κ2) is 5.41. The molecular formula is C13H11BrOS. The van der Waals surface area contributed by atoms with Crippen LogP contribution < -0.4 is 0 Å². The number of hydrogen-bond acceptors (Lipinski definition) is 2. The molecule has 2 rings (SSSR count). The lowest BCUT2D eigenvalue weighted by Crippen LogP contribution is -1.99. The molecule has 0 aliphatic carbocycles. The Bertz CT molecular complexity index is 476. The van der Waals surface area contributed by atoms with Crippen molar-refractivity contribution in [1.29, 1.82) is 0 Å². The Balaban J connectivity index is 1.94. The molecule has 1 aromatic heterocycles. The highest BCUT2D eigenvalue weighted by Crippen LogP contribution is 2.22. The number of rotatable bonds is 4. The molecule has 0 aliphatic heterocycles. The third kappa shape index (κ3) is 3.03. The van der Waals surface area contributed by atoms with Gasteiger partial charge in [-0.3, -0.25) is 4.79 Å². The molecule has 0 radical (unpaired) electrons. The van der Waals surface area contributed by atoms with E-state index in [0.717, 1.165) is 15.8 Å². The number of carbonyl (C=O) groups is 1. The van der Waals surface area contributed by atoms with Gasteiger partial charge in [0.1, 0.15) is 0 Å². The van der Waals surface area contributed by atoms with E-state index in [9.17, 15) is 4.79 Å². The highest BCUT2D eigenvalue weighted by molar-refractivity contribution is 9.11. The number of Topliss-reactive ketones (excluding diaryl/α,β-unsaturated/α-hetero) is 1. The van der Waals surface area contributed by atoms with Gasteiger partial charge in [-0.05, 0) is 34.0 Å². The first-order valence-electron chi connectivity index (χ1n) is 5.07. The minimum Gasteiger partial charge on any atom is -0.294 e. The number of benzene rings is 1. The van der Waals surface area contributed by atoms with Gasteiger partial charge in [-0.15, -0.1) is 11.3 Å². The van der Waals surface area contributed by atoms with Gasteiger partial charge in [0, 0.05) is 17.4 Å². The first-order valence-corrected chi connectivity index (χ1v) is 6.74. The summed E-state index contributed by atoms with van der Waals surface area (Å²) in [6.45, 7) is 0. The van der Waals surface area contributed by atoms with Crippen LogP contribution in [-0.2, 0) is 6.42 Å². The van der Waals surface area contributed by atoms with Gasteiger partial charge in [0.15, 0.2) is 5.78 Å². The van der Waals surface area contributed by atoms with Gasteiger partial charge >= 0.3 is 0 Å². The molecule has 3 heteroatoms. The third-order valence-corrected chi connectivity index (χ3v) is 3.88. The Hall–Kier alpha value is -0.930. The van der Waals surface area contributed by atoms with Crippen LogP contribution in [0, 0.1) is 0 Å². The lowest BCUT2D eigenvalue weighted by molar-refractivity contribution is 0.0983. The average molecular weight is 295 g/mol. The highest BCUT2D eigenvalue weighted by Gasteiger charge is 2.07. The molecule has 0 atom stereocenters. The smallest absolute Gasteiger partial charge is 0.164 e. The number of halogens is 1. The van der Waals surface area contributed by atoms with E-state index in [4.69, 9.17) is 0 Å². The fourth-order valence-electron chi connectivity index (χ4n) is 1.50. The Morgan fingerprint density at radius 1 is 1.25 bits per heavy atom. The van der Waals surface area contributed by atoms with Crippen molar-refractivity contribution in [3.63, 3.8) is 0 Å².